The van der Waals surface area contributed by atoms with Crippen LogP contribution in [0.15, 0.2) is 0 Å². The van der Waals surface area contributed by atoms with Gasteiger partial charge in [-0.2, -0.15) is 0 Å². The molecule has 0 bridgehead atoms. The molecular weight excluding hydrogens is 236 g/mol. The maximum absolute atomic E-state index is 11.1. The molecule has 1 heterocycles. The molecule has 0 aliphatic rings. The third-order valence-corrected chi connectivity index (χ3v) is 2.35. The number of rotatable bonds is 4. The fourth-order valence-electron chi connectivity index (χ4n) is 1.69. The predicted molar refractivity (Wildman–Crippen MR) is 64.4 cm³/mol. The van der Waals surface area contributed by atoms with E-state index < -0.39 is 5.97 Å². The van der Waals surface area contributed by atoms with Crippen LogP contribution in [0.5, 0.6) is 0 Å². The number of carboxylic acid groups (broad SMARTS) is 1. The lowest BCUT2D eigenvalue weighted by molar-refractivity contribution is -0.119. The van der Waals surface area contributed by atoms with Crippen LogP contribution in [0.25, 0.3) is 0 Å². The molecular formula is C11H18N4O3. The van der Waals surface area contributed by atoms with Crippen LogP contribution in [0.1, 0.15) is 43.9 Å². The molecule has 7 nitrogen and oxygen atoms in total. The number of hydrogen-bond acceptors (Lipinski definition) is 4. The molecule has 0 aliphatic carbocycles. The van der Waals surface area contributed by atoms with Crippen LogP contribution in [0.4, 0.5) is 0 Å². The number of amides is 1. The number of carboxylic acids is 1. The number of aromatic carboxylic acids is 1. The van der Waals surface area contributed by atoms with Crippen molar-refractivity contribution >= 4 is 11.9 Å². The smallest absolute Gasteiger partial charge is 0.358 e. The Morgan fingerprint density at radius 2 is 2.00 bits per heavy atom. The molecule has 18 heavy (non-hydrogen) atoms. The highest BCUT2D eigenvalue weighted by Crippen LogP contribution is 2.24. The van der Waals surface area contributed by atoms with E-state index in [9.17, 15) is 9.59 Å². The molecule has 7 heteroatoms. The summed E-state index contributed by atoms with van der Waals surface area (Å²) in [5.41, 5.74) is 0.138. The maximum Gasteiger partial charge on any atom is 0.358 e. The van der Waals surface area contributed by atoms with Crippen molar-refractivity contribution in [2.75, 3.05) is 6.54 Å². The molecule has 2 N–H and O–H groups in total. The van der Waals surface area contributed by atoms with E-state index in [1.165, 1.54) is 11.6 Å². The van der Waals surface area contributed by atoms with Gasteiger partial charge in [0.25, 0.3) is 0 Å². The molecule has 0 saturated carbocycles. The summed E-state index contributed by atoms with van der Waals surface area (Å²) in [5.74, 6) is -1.23. The van der Waals surface area contributed by atoms with E-state index in [4.69, 9.17) is 5.11 Å². The Bertz CT molecular complexity index is 459. The van der Waals surface area contributed by atoms with Crippen LogP contribution in [0, 0.1) is 0 Å². The van der Waals surface area contributed by atoms with Crippen molar-refractivity contribution in [3.63, 3.8) is 0 Å². The van der Waals surface area contributed by atoms with Crippen LogP contribution >= 0.6 is 0 Å². The minimum absolute atomic E-state index is 0.0367. The molecule has 100 valence electrons. The molecule has 0 fully saturated rings. The Morgan fingerprint density at radius 1 is 1.39 bits per heavy atom. The average molecular weight is 254 g/mol. The van der Waals surface area contributed by atoms with Gasteiger partial charge in [0.05, 0.1) is 12.2 Å². The Morgan fingerprint density at radius 3 is 2.44 bits per heavy atom. The average Bonchev–Trinajstić information content (AvgIpc) is 2.60. The standard InChI is InChI=1S/C11H18N4O3/c1-7(16)12-5-6-15-9(11(2,3)4)8(10(17)18)13-14-15/h5-6H2,1-4H3,(H,12,16)(H,17,18). The monoisotopic (exact) mass is 254 g/mol. The van der Waals surface area contributed by atoms with Gasteiger partial charge in [-0.05, 0) is 0 Å². The fraction of sp³-hybridized carbons (Fsp3) is 0.636. The van der Waals surface area contributed by atoms with Crippen molar-refractivity contribution in [1.82, 2.24) is 20.3 Å². The summed E-state index contributed by atoms with van der Waals surface area (Å²) < 4.78 is 1.53. The number of aromatic nitrogens is 3. The van der Waals surface area contributed by atoms with Gasteiger partial charge in [0.15, 0.2) is 5.69 Å². The van der Waals surface area contributed by atoms with Crippen molar-refractivity contribution < 1.29 is 14.7 Å². The SMILES string of the molecule is CC(=O)NCCn1nnc(C(=O)O)c1C(C)(C)C. The van der Waals surface area contributed by atoms with Crippen molar-refractivity contribution in [2.24, 2.45) is 0 Å². The van der Waals surface area contributed by atoms with Crippen LogP contribution < -0.4 is 5.32 Å². The normalized spacial score (nSPS) is 11.3. The van der Waals surface area contributed by atoms with Gasteiger partial charge in [-0.1, -0.05) is 26.0 Å². The van der Waals surface area contributed by atoms with E-state index in [2.05, 4.69) is 15.6 Å². The second-order valence-electron chi connectivity index (χ2n) is 5.05. The predicted octanol–water partition coefficient (Wildman–Crippen LogP) is 0.410. The molecule has 0 aliphatic heterocycles. The highest BCUT2D eigenvalue weighted by Gasteiger charge is 2.28. The van der Waals surface area contributed by atoms with Gasteiger partial charge in [0.2, 0.25) is 5.91 Å². The second-order valence-corrected chi connectivity index (χ2v) is 5.05. The minimum Gasteiger partial charge on any atom is -0.476 e. The third kappa shape index (κ3) is 3.28. The second kappa shape index (κ2) is 5.16. The lowest BCUT2D eigenvalue weighted by Crippen LogP contribution is -2.28. The van der Waals surface area contributed by atoms with Gasteiger partial charge in [-0.3, -0.25) is 4.79 Å². The van der Waals surface area contributed by atoms with E-state index in [0.29, 0.717) is 18.8 Å². The highest BCUT2D eigenvalue weighted by molar-refractivity contribution is 5.86. The molecule has 1 aromatic heterocycles. The van der Waals surface area contributed by atoms with E-state index in [1.807, 2.05) is 20.8 Å². The fourth-order valence-corrected chi connectivity index (χ4v) is 1.69. The zero-order valence-corrected chi connectivity index (χ0v) is 11.0. The van der Waals surface area contributed by atoms with Crippen LogP contribution in [0.2, 0.25) is 0 Å². The summed E-state index contributed by atoms with van der Waals surface area (Å²) in [6.45, 7) is 7.90. The lowest BCUT2D eigenvalue weighted by Gasteiger charge is -2.20. The van der Waals surface area contributed by atoms with Gasteiger partial charge in [0.1, 0.15) is 0 Å². The maximum atomic E-state index is 11.1. The molecule has 0 atom stereocenters. The van der Waals surface area contributed by atoms with Gasteiger partial charge in [-0.25, -0.2) is 9.48 Å². The summed E-state index contributed by atoms with van der Waals surface area (Å²) in [5, 5.41) is 19.2. The number of hydrogen-bond donors (Lipinski definition) is 2. The summed E-state index contributed by atoms with van der Waals surface area (Å²) in [6, 6.07) is 0. The first-order chi connectivity index (χ1) is 8.23. The summed E-state index contributed by atoms with van der Waals surface area (Å²) in [4.78, 5) is 21.9. The molecule has 1 rings (SSSR count). The quantitative estimate of drug-likeness (QED) is 0.811. The molecule has 1 aromatic rings. The Labute approximate surface area is 105 Å². The van der Waals surface area contributed by atoms with E-state index >= 15 is 0 Å². The summed E-state index contributed by atoms with van der Waals surface area (Å²) >= 11 is 0. The van der Waals surface area contributed by atoms with E-state index in [1.54, 1.807) is 0 Å². The van der Waals surface area contributed by atoms with Crippen LogP contribution in [-0.2, 0) is 16.8 Å². The van der Waals surface area contributed by atoms with E-state index in [0.717, 1.165) is 0 Å². The largest absolute Gasteiger partial charge is 0.476 e. The van der Waals surface area contributed by atoms with E-state index in [-0.39, 0.29) is 17.0 Å². The number of nitrogens with one attached hydrogen (secondary N) is 1. The third-order valence-electron chi connectivity index (χ3n) is 2.35. The van der Waals surface area contributed by atoms with Gasteiger partial charge in [0, 0.05) is 18.9 Å². The zero-order chi connectivity index (χ0) is 13.9. The number of nitrogens with zero attached hydrogens (tertiary/aromatic N) is 3. The van der Waals surface area contributed by atoms with Crippen molar-refractivity contribution in [3.8, 4) is 0 Å². The number of carbonyl (C=O) groups excluding carboxylic acids is 1. The molecule has 0 spiro atoms. The topological polar surface area (TPSA) is 97.1 Å². The van der Waals surface area contributed by atoms with Crippen LogP contribution in [0.3, 0.4) is 0 Å². The van der Waals surface area contributed by atoms with Crippen LogP contribution in [-0.4, -0.2) is 38.5 Å². The van der Waals surface area contributed by atoms with Gasteiger partial charge < -0.3 is 10.4 Å². The lowest BCUT2D eigenvalue weighted by atomic mass is 9.90. The van der Waals surface area contributed by atoms with Gasteiger partial charge >= 0.3 is 5.97 Å². The molecule has 0 aromatic carbocycles. The molecule has 0 unspecified atom stereocenters. The Kier molecular flexibility index (Phi) is 4.05. The number of carbonyl (C=O) groups is 2. The van der Waals surface area contributed by atoms with Gasteiger partial charge in [-0.15, -0.1) is 5.10 Å². The molecule has 0 radical (unpaired) electrons. The first kappa shape index (κ1) is 14.1. The van der Waals surface area contributed by atoms with Crippen molar-refractivity contribution in [2.45, 2.75) is 39.7 Å². The Balaban J connectivity index is 2.98. The molecule has 0 saturated heterocycles. The minimum atomic E-state index is -1.09. The zero-order valence-electron chi connectivity index (χ0n) is 11.0. The first-order valence-electron chi connectivity index (χ1n) is 5.65. The summed E-state index contributed by atoms with van der Waals surface area (Å²) in [6.07, 6.45) is 0. The van der Waals surface area contributed by atoms with Crippen molar-refractivity contribution in [1.29, 1.82) is 0 Å². The van der Waals surface area contributed by atoms with Crippen molar-refractivity contribution in [3.05, 3.63) is 11.4 Å². The Hall–Kier alpha value is -1.92. The highest BCUT2D eigenvalue weighted by atomic mass is 16.4. The molecule has 1 amide bonds. The first-order valence-corrected chi connectivity index (χ1v) is 5.65. The summed E-state index contributed by atoms with van der Waals surface area (Å²) in [7, 11) is 0.